The third kappa shape index (κ3) is 6.41. The Morgan fingerprint density at radius 3 is 2.71 bits per heavy atom. The Morgan fingerprint density at radius 1 is 1.10 bits per heavy atom. The van der Waals surface area contributed by atoms with Crippen LogP contribution in [-0.2, 0) is 26.7 Å². The highest BCUT2D eigenvalue weighted by atomic mass is 35.5. The van der Waals surface area contributed by atoms with E-state index in [1.165, 1.54) is 11.1 Å². The third-order valence-corrected chi connectivity index (χ3v) is 14.6. The number of halogens is 1. The number of sulfonamides is 1. The zero-order valence-electron chi connectivity index (χ0n) is 29.3. The van der Waals surface area contributed by atoms with Crippen LogP contribution in [0.1, 0.15) is 100 Å². The van der Waals surface area contributed by atoms with Crippen LogP contribution in [0.4, 0.5) is 5.69 Å². The highest BCUT2D eigenvalue weighted by Gasteiger charge is 2.54. The highest BCUT2D eigenvalue weighted by Crippen LogP contribution is 2.52. The van der Waals surface area contributed by atoms with E-state index < -0.39 is 26.8 Å². The molecular formula is C38H51ClN4O5S. The average Bonchev–Trinajstić information content (AvgIpc) is 3.41. The molecule has 49 heavy (non-hydrogen) atoms. The second kappa shape index (κ2) is 13.3. The number of ether oxygens (including phenoxy) is 1. The number of rotatable bonds is 2. The molecule has 0 saturated heterocycles. The van der Waals surface area contributed by atoms with Crippen LogP contribution in [0.25, 0.3) is 0 Å². The number of carbonyl (C=O) groups is 1. The van der Waals surface area contributed by atoms with Gasteiger partial charge in [-0.1, -0.05) is 36.7 Å². The molecule has 1 N–H and O–H groups in total. The first kappa shape index (κ1) is 34.5. The third-order valence-electron chi connectivity index (χ3n) is 12.4. The molecule has 5 aliphatic rings. The molecule has 2 aromatic carbocycles. The van der Waals surface area contributed by atoms with E-state index >= 15 is 0 Å². The number of aryl methyl sites for hydroxylation is 1. The maximum atomic E-state index is 13.6. The number of hydrogen-bond donors (Lipinski definition) is 1. The monoisotopic (exact) mass is 710 g/mol. The van der Waals surface area contributed by atoms with E-state index in [1.807, 2.05) is 25.1 Å². The van der Waals surface area contributed by atoms with Crippen LogP contribution in [0, 0.1) is 17.8 Å². The first-order valence-electron chi connectivity index (χ1n) is 18.3. The number of benzene rings is 2. The first-order valence-corrected chi connectivity index (χ1v) is 20.2. The van der Waals surface area contributed by atoms with Gasteiger partial charge in [0.1, 0.15) is 17.2 Å². The fourth-order valence-corrected chi connectivity index (χ4v) is 10.7. The lowest BCUT2D eigenvalue weighted by Gasteiger charge is -2.49. The van der Waals surface area contributed by atoms with Gasteiger partial charge in [-0.3, -0.25) is 4.79 Å². The summed E-state index contributed by atoms with van der Waals surface area (Å²) in [4.78, 5) is 24.8. The Hall–Kier alpha value is -2.98. The van der Waals surface area contributed by atoms with E-state index in [9.17, 15) is 13.2 Å². The highest BCUT2D eigenvalue weighted by molar-refractivity contribution is 7.90. The van der Waals surface area contributed by atoms with Crippen LogP contribution in [0.15, 0.2) is 41.6 Å². The zero-order valence-corrected chi connectivity index (χ0v) is 30.9. The largest absolute Gasteiger partial charge is 0.490 e. The number of amidine groups is 1. The smallest absolute Gasteiger partial charge is 0.264 e. The Morgan fingerprint density at radius 2 is 1.94 bits per heavy atom. The molecule has 2 bridgehead atoms. The molecular weight excluding hydrogens is 660 g/mol. The van der Waals surface area contributed by atoms with Crippen LogP contribution < -0.4 is 14.4 Å². The number of carbonyl (C=O) groups excluding carboxylic acids is 1. The van der Waals surface area contributed by atoms with Crippen LogP contribution in [0.2, 0.25) is 5.02 Å². The molecule has 0 unspecified atom stereocenters. The fourth-order valence-electron chi connectivity index (χ4n) is 9.23. The summed E-state index contributed by atoms with van der Waals surface area (Å²) < 4.78 is 36.1. The van der Waals surface area contributed by atoms with Gasteiger partial charge in [0.15, 0.2) is 0 Å². The van der Waals surface area contributed by atoms with Crippen molar-refractivity contribution in [2.75, 3.05) is 38.2 Å². The lowest BCUT2D eigenvalue weighted by molar-refractivity contribution is -0.118. The molecule has 2 spiro atoms. The molecule has 0 aromatic heterocycles. The maximum Gasteiger partial charge on any atom is 0.264 e. The van der Waals surface area contributed by atoms with Gasteiger partial charge in [-0.15, -0.1) is 0 Å². The molecule has 1 saturated carbocycles. The van der Waals surface area contributed by atoms with Crippen LogP contribution in [0.5, 0.6) is 5.75 Å². The summed E-state index contributed by atoms with van der Waals surface area (Å²) in [6.45, 7) is 8.80. The molecule has 2 aromatic rings. The van der Waals surface area contributed by atoms with Crippen molar-refractivity contribution < 1.29 is 22.8 Å². The van der Waals surface area contributed by atoms with Gasteiger partial charge in [-0.05, 0) is 118 Å². The van der Waals surface area contributed by atoms with Gasteiger partial charge >= 0.3 is 0 Å². The number of nitrogens with one attached hydrogen (secondary N) is 1. The molecule has 1 amide bonds. The van der Waals surface area contributed by atoms with E-state index in [0.29, 0.717) is 30.4 Å². The minimum atomic E-state index is -3.91. The number of oxime groups is 1. The van der Waals surface area contributed by atoms with Crippen molar-refractivity contribution in [1.29, 1.82) is 0 Å². The fraction of sp³-hybridized carbons (Fsp3) is 0.632. The predicted molar refractivity (Wildman–Crippen MR) is 194 cm³/mol. The van der Waals surface area contributed by atoms with Crippen molar-refractivity contribution in [1.82, 2.24) is 9.62 Å². The summed E-state index contributed by atoms with van der Waals surface area (Å²) in [6.07, 6.45) is 9.31. The molecule has 2 aliphatic carbocycles. The average molecular weight is 711 g/mol. The van der Waals surface area contributed by atoms with E-state index in [4.69, 9.17) is 26.3 Å². The van der Waals surface area contributed by atoms with Crippen LogP contribution in [0.3, 0.4) is 0 Å². The van der Waals surface area contributed by atoms with Crippen LogP contribution in [-0.4, -0.2) is 69.2 Å². The minimum absolute atomic E-state index is 0.141. The van der Waals surface area contributed by atoms with Crippen molar-refractivity contribution in [2.24, 2.45) is 22.9 Å². The molecule has 3 heterocycles. The summed E-state index contributed by atoms with van der Waals surface area (Å²) in [5.74, 6) is 1.65. The Bertz CT molecular complexity index is 1730. The second-order valence-electron chi connectivity index (χ2n) is 15.5. The summed E-state index contributed by atoms with van der Waals surface area (Å²) in [7, 11) is -1.82. The van der Waals surface area contributed by atoms with Gasteiger partial charge in [0.2, 0.25) is 10.0 Å². The Kier molecular flexibility index (Phi) is 9.35. The van der Waals surface area contributed by atoms with Gasteiger partial charge in [-0.2, -0.15) is 0 Å². The SMILES string of the molecule is CCCN(C)C1=NO[C@@]2(CCC[C@H](C)[C@@H](C)S(=O)(=O)NC(=O)c3ccc4c(c3)N(C[C@@H]3CC[C@H]32)C[C@@]2(CCCc3cc(Cl)ccc32)CO4)C1. The lowest BCUT2D eigenvalue weighted by Crippen LogP contribution is -2.53. The molecule has 266 valence electrons. The normalized spacial score (nSPS) is 32.5. The Labute approximate surface area is 296 Å². The van der Waals surface area contributed by atoms with Crippen molar-refractivity contribution in [3.05, 3.63) is 58.1 Å². The Balaban J connectivity index is 1.29. The maximum absolute atomic E-state index is 13.6. The van der Waals surface area contributed by atoms with Gasteiger partial charge in [0, 0.05) is 48.6 Å². The quantitative estimate of drug-likeness (QED) is 0.361. The van der Waals surface area contributed by atoms with Gasteiger partial charge in [-0.25, -0.2) is 13.1 Å². The number of nitrogens with zero attached hydrogens (tertiary/aromatic N) is 3. The molecule has 11 heteroatoms. The van der Waals surface area contributed by atoms with E-state index in [0.717, 1.165) is 99.7 Å². The van der Waals surface area contributed by atoms with Crippen molar-refractivity contribution in [3.8, 4) is 5.75 Å². The number of hydrogen-bond acceptors (Lipinski definition) is 8. The lowest BCUT2D eigenvalue weighted by atomic mass is 9.62. The standard InChI is InChI=1S/C38H51ClN4O5S/c1-5-18-42(4)35-21-38(48-40-35)17-6-8-25(2)26(3)49(45,46)41-36(44)28-11-15-34-33(20-28)43(22-29-10-13-32(29)38)23-37(24-47-34)16-7-9-27-19-30(39)12-14-31(27)37/h11-12,14-15,19-20,25-26,29,32H,5-10,13,16-18,21-24H2,1-4H3,(H,41,44)/t25-,26+,29-,32+,37-,38-/m0/s1. The summed E-state index contributed by atoms with van der Waals surface area (Å²) in [6, 6.07) is 11.6. The van der Waals surface area contributed by atoms with Crippen LogP contribution >= 0.6 is 11.6 Å². The van der Waals surface area contributed by atoms with Crippen molar-refractivity contribution >= 4 is 39.1 Å². The van der Waals surface area contributed by atoms with Gasteiger partial charge in [0.25, 0.3) is 5.91 Å². The van der Waals surface area contributed by atoms with E-state index in [1.54, 1.807) is 13.0 Å². The topological polar surface area (TPSA) is 101 Å². The van der Waals surface area contributed by atoms with Gasteiger partial charge < -0.3 is 19.4 Å². The zero-order chi connectivity index (χ0) is 34.6. The predicted octanol–water partition coefficient (Wildman–Crippen LogP) is 6.92. The summed E-state index contributed by atoms with van der Waals surface area (Å²) in [5, 5.41) is 4.72. The molecule has 3 aliphatic heterocycles. The van der Waals surface area contributed by atoms with E-state index in [-0.39, 0.29) is 11.3 Å². The van der Waals surface area contributed by atoms with E-state index in [2.05, 4.69) is 40.6 Å². The molecule has 0 radical (unpaired) electrons. The molecule has 6 atom stereocenters. The number of anilines is 1. The van der Waals surface area contributed by atoms with Crippen molar-refractivity contribution in [2.45, 2.75) is 101 Å². The van der Waals surface area contributed by atoms with Gasteiger partial charge in [0.05, 0.1) is 24.0 Å². The summed E-state index contributed by atoms with van der Waals surface area (Å²) >= 11 is 6.48. The molecule has 7 rings (SSSR count). The molecule has 9 nitrogen and oxygen atoms in total. The molecule has 1 fully saturated rings. The number of amides is 1. The van der Waals surface area contributed by atoms with Crippen molar-refractivity contribution in [3.63, 3.8) is 0 Å². The first-order chi connectivity index (χ1) is 23.4. The second-order valence-corrected chi connectivity index (χ2v) is 18.0. The number of fused-ring (bicyclic) bond motifs is 5. The minimum Gasteiger partial charge on any atom is -0.490 e. The summed E-state index contributed by atoms with van der Waals surface area (Å²) in [5.41, 5.74) is 3.03.